The van der Waals surface area contributed by atoms with Crippen LogP contribution in [0.15, 0.2) is 42.5 Å². The van der Waals surface area contributed by atoms with Crippen LogP contribution in [0.4, 0.5) is 21.0 Å². The van der Waals surface area contributed by atoms with E-state index in [0.717, 1.165) is 54.0 Å². The van der Waals surface area contributed by atoms with Gasteiger partial charge in [0.25, 0.3) is 0 Å². The van der Waals surface area contributed by atoms with Crippen LogP contribution in [-0.4, -0.2) is 101 Å². The second-order valence-corrected chi connectivity index (χ2v) is 13.5. The molecule has 11 nitrogen and oxygen atoms in total. The minimum Gasteiger partial charge on any atom is -0.341 e. The zero-order chi connectivity index (χ0) is 31.6. The van der Waals surface area contributed by atoms with E-state index in [1.165, 1.54) is 19.3 Å². The Labute approximate surface area is 270 Å². The van der Waals surface area contributed by atoms with Crippen molar-refractivity contribution in [3.8, 4) is 0 Å². The summed E-state index contributed by atoms with van der Waals surface area (Å²) in [5, 5.41) is 8.98. The fourth-order valence-electron chi connectivity index (χ4n) is 7.94. The molecule has 0 unspecified atom stereocenters. The Kier molecular flexibility index (Phi) is 8.84. The Balaban J connectivity index is 0.995. The van der Waals surface area contributed by atoms with Crippen LogP contribution < -0.4 is 16.0 Å². The Morgan fingerprint density at radius 3 is 2.26 bits per heavy atom. The maximum absolute atomic E-state index is 14.0. The number of fused-ring (bicyclic) bond motifs is 2. The third-order valence-corrected chi connectivity index (χ3v) is 10.6. The molecule has 0 saturated carbocycles. The number of likely N-dealkylation sites (tertiary alicyclic amines) is 3. The van der Waals surface area contributed by atoms with Gasteiger partial charge in [-0.3, -0.25) is 9.59 Å². The van der Waals surface area contributed by atoms with Crippen LogP contribution in [-0.2, 0) is 29.0 Å². The highest BCUT2D eigenvalue weighted by molar-refractivity contribution is 5.99. The van der Waals surface area contributed by atoms with Gasteiger partial charge in [-0.15, -0.1) is 0 Å². The summed E-state index contributed by atoms with van der Waals surface area (Å²) in [6, 6.07) is 13.2. The molecule has 1 atom stereocenters. The number of para-hydroxylation sites is 1. The SMILES string of the molecule is O=C1Cc2cc(C[C@@H](NC(=O)N3CCC(N4Cc5ccccc5NC4=O)CC3)C(=O)N3CCC(N4CCCCC4)CC3)ccc2N1. The minimum absolute atomic E-state index is 0.0284. The summed E-state index contributed by atoms with van der Waals surface area (Å²) in [5.74, 6) is -0.0713. The van der Waals surface area contributed by atoms with Gasteiger partial charge in [-0.05, 0) is 80.4 Å². The first kappa shape index (κ1) is 30.5. The molecule has 3 saturated heterocycles. The van der Waals surface area contributed by atoms with Crippen molar-refractivity contribution in [3.05, 3.63) is 59.2 Å². The highest BCUT2D eigenvalue weighted by Gasteiger charge is 2.36. The predicted octanol–water partition coefficient (Wildman–Crippen LogP) is 3.79. The fourth-order valence-corrected chi connectivity index (χ4v) is 7.94. The maximum atomic E-state index is 14.0. The molecule has 11 heteroatoms. The molecule has 2 aromatic carbocycles. The average molecular weight is 628 g/mol. The van der Waals surface area contributed by atoms with Gasteiger partial charge in [-0.1, -0.05) is 36.8 Å². The van der Waals surface area contributed by atoms with Crippen molar-refractivity contribution in [3.63, 3.8) is 0 Å². The van der Waals surface area contributed by atoms with Gasteiger partial charge < -0.3 is 35.6 Å². The smallest absolute Gasteiger partial charge is 0.322 e. The van der Waals surface area contributed by atoms with Crippen LogP contribution in [0, 0.1) is 0 Å². The molecule has 7 rings (SSSR count). The molecule has 0 aromatic heterocycles. The summed E-state index contributed by atoms with van der Waals surface area (Å²) < 4.78 is 0. The van der Waals surface area contributed by atoms with Gasteiger partial charge in [0.15, 0.2) is 0 Å². The zero-order valence-corrected chi connectivity index (χ0v) is 26.5. The van der Waals surface area contributed by atoms with Gasteiger partial charge in [0.2, 0.25) is 11.8 Å². The van der Waals surface area contributed by atoms with Gasteiger partial charge in [-0.2, -0.15) is 0 Å². The Bertz CT molecular complexity index is 1480. The van der Waals surface area contributed by atoms with Crippen LogP contribution in [0.2, 0.25) is 0 Å². The fraction of sp³-hybridized carbons (Fsp3) is 0.543. The molecule has 0 spiro atoms. The van der Waals surface area contributed by atoms with Crippen molar-refractivity contribution in [1.29, 1.82) is 0 Å². The van der Waals surface area contributed by atoms with E-state index in [1.807, 2.05) is 52.3 Å². The molecule has 46 heavy (non-hydrogen) atoms. The number of anilines is 2. The van der Waals surface area contributed by atoms with Gasteiger partial charge in [-0.25, -0.2) is 9.59 Å². The molecule has 244 valence electrons. The molecule has 0 bridgehead atoms. The number of carbonyl (C=O) groups is 4. The summed E-state index contributed by atoms with van der Waals surface area (Å²) in [4.78, 5) is 60.7. The first-order valence-corrected chi connectivity index (χ1v) is 17.1. The van der Waals surface area contributed by atoms with Crippen molar-refractivity contribution in [1.82, 2.24) is 24.9 Å². The first-order chi connectivity index (χ1) is 22.4. The molecular formula is C35H45N7O4. The quantitative estimate of drug-likeness (QED) is 0.451. The van der Waals surface area contributed by atoms with Gasteiger partial charge in [0.1, 0.15) is 6.04 Å². The van der Waals surface area contributed by atoms with E-state index in [9.17, 15) is 19.2 Å². The number of amides is 6. The molecule has 5 aliphatic rings. The van der Waals surface area contributed by atoms with Crippen molar-refractivity contribution < 1.29 is 19.2 Å². The lowest BCUT2D eigenvalue weighted by molar-refractivity contribution is -0.135. The van der Waals surface area contributed by atoms with E-state index in [2.05, 4.69) is 20.9 Å². The van der Waals surface area contributed by atoms with Gasteiger partial charge >= 0.3 is 12.1 Å². The molecule has 3 N–H and O–H groups in total. The molecule has 5 heterocycles. The largest absolute Gasteiger partial charge is 0.341 e. The molecule has 6 amide bonds. The lowest BCUT2D eigenvalue weighted by Crippen LogP contribution is -2.57. The Hall–Kier alpha value is -4.12. The number of rotatable bonds is 6. The van der Waals surface area contributed by atoms with Crippen LogP contribution in [0.25, 0.3) is 0 Å². The van der Waals surface area contributed by atoms with Crippen molar-refractivity contribution >= 4 is 35.3 Å². The van der Waals surface area contributed by atoms with Crippen molar-refractivity contribution in [2.45, 2.75) is 82.5 Å². The van der Waals surface area contributed by atoms with Crippen molar-refractivity contribution in [2.75, 3.05) is 49.9 Å². The standard InChI is InChI=1S/C35H45N7O4/c43-32-22-26-20-24(8-9-30(26)36-32)21-31(33(44)40-16-10-27(11-17-40)39-14-4-1-5-15-39)38-34(45)41-18-12-28(13-19-41)42-23-25-6-2-3-7-29(25)37-35(42)46/h2-3,6-9,20,27-28,31H,1,4-5,10-19,21-23H2,(H,36,43)(H,37,46)(H,38,45)/t31-/m1/s1. The number of benzene rings is 2. The van der Waals surface area contributed by atoms with E-state index in [4.69, 9.17) is 0 Å². The van der Waals surface area contributed by atoms with Crippen LogP contribution in [0.3, 0.4) is 0 Å². The highest BCUT2D eigenvalue weighted by Crippen LogP contribution is 2.29. The molecular weight excluding hydrogens is 582 g/mol. The van der Waals surface area contributed by atoms with E-state index < -0.39 is 6.04 Å². The number of nitrogens with one attached hydrogen (secondary N) is 3. The Morgan fingerprint density at radius 1 is 0.783 bits per heavy atom. The van der Waals surface area contributed by atoms with Gasteiger partial charge in [0, 0.05) is 62.6 Å². The third kappa shape index (κ3) is 6.56. The maximum Gasteiger partial charge on any atom is 0.322 e. The predicted molar refractivity (Wildman–Crippen MR) is 175 cm³/mol. The van der Waals surface area contributed by atoms with E-state index in [1.54, 1.807) is 4.90 Å². The van der Waals surface area contributed by atoms with E-state index in [-0.39, 0.29) is 29.9 Å². The summed E-state index contributed by atoms with van der Waals surface area (Å²) in [7, 11) is 0. The monoisotopic (exact) mass is 627 g/mol. The summed E-state index contributed by atoms with van der Waals surface area (Å²) in [6.07, 6.45) is 7.78. The second kappa shape index (κ2) is 13.3. The van der Waals surface area contributed by atoms with E-state index >= 15 is 0 Å². The minimum atomic E-state index is -0.704. The average Bonchev–Trinajstić information content (AvgIpc) is 3.47. The number of nitrogens with zero attached hydrogens (tertiary/aromatic N) is 4. The highest BCUT2D eigenvalue weighted by atomic mass is 16.2. The topological polar surface area (TPSA) is 117 Å². The molecule has 3 fully saturated rings. The summed E-state index contributed by atoms with van der Waals surface area (Å²) >= 11 is 0. The third-order valence-electron chi connectivity index (χ3n) is 10.6. The lowest BCUT2D eigenvalue weighted by atomic mass is 9.97. The van der Waals surface area contributed by atoms with Crippen LogP contribution in [0.1, 0.15) is 61.6 Å². The number of carbonyl (C=O) groups excluding carboxylic acids is 4. The van der Waals surface area contributed by atoms with Crippen LogP contribution >= 0.6 is 0 Å². The summed E-state index contributed by atoms with van der Waals surface area (Å²) in [6.45, 7) is 5.28. The normalized spacial score (nSPS) is 21.7. The van der Waals surface area contributed by atoms with Gasteiger partial charge in [0.05, 0.1) is 6.42 Å². The Morgan fingerprint density at radius 2 is 1.48 bits per heavy atom. The molecule has 2 aromatic rings. The first-order valence-electron chi connectivity index (χ1n) is 17.1. The number of hydrogen-bond acceptors (Lipinski definition) is 5. The number of piperidine rings is 3. The number of hydrogen-bond donors (Lipinski definition) is 3. The molecule has 0 aliphatic carbocycles. The van der Waals surface area contributed by atoms with Crippen LogP contribution in [0.5, 0.6) is 0 Å². The zero-order valence-electron chi connectivity index (χ0n) is 26.5. The lowest BCUT2D eigenvalue weighted by Gasteiger charge is -2.42. The molecule has 0 radical (unpaired) electrons. The summed E-state index contributed by atoms with van der Waals surface area (Å²) in [5.41, 5.74) is 4.61. The molecule has 5 aliphatic heterocycles. The van der Waals surface area contributed by atoms with E-state index in [0.29, 0.717) is 64.4 Å². The van der Waals surface area contributed by atoms with Crippen molar-refractivity contribution in [2.24, 2.45) is 0 Å². The second-order valence-electron chi connectivity index (χ2n) is 13.5. The number of urea groups is 2.